The van der Waals surface area contributed by atoms with Crippen molar-refractivity contribution < 1.29 is 0 Å². The lowest BCUT2D eigenvalue weighted by atomic mass is 9.73. The normalized spacial score (nSPS) is 22.4. The number of hydrogen-bond acceptors (Lipinski definition) is 2. The Labute approximate surface area is 117 Å². The fourth-order valence-electron chi connectivity index (χ4n) is 3.44. The standard InChI is InChI=1S/C17H26N2/c1-16(2,3)14-6-4-5-7-15(14)19-10-8-17(9-11-19)12-18-13-17/h4-7,18H,8-13H2,1-3H3. The average Bonchev–Trinajstić information content (AvgIpc) is 2.36. The van der Waals surface area contributed by atoms with Crippen molar-refractivity contribution in [2.24, 2.45) is 5.41 Å². The number of piperidine rings is 1. The topological polar surface area (TPSA) is 15.3 Å². The maximum Gasteiger partial charge on any atom is 0.0404 e. The first-order valence-electron chi connectivity index (χ1n) is 7.55. The van der Waals surface area contributed by atoms with E-state index in [1.807, 2.05) is 0 Å². The van der Waals surface area contributed by atoms with Gasteiger partial charge in [-0.05, 0) is 35.3 Å². The van der Waals surface area contributed by atoms with Gasteiger partial charge in [-0.15, -0.1) is 0 Å². The molecule has 2 saturated heterocycles. The molecule has 0 aromatic heterocycles. The summed E-state index contributed by atoms with van der Waals surface area (Å²) in [7, 11) is 0. The summed E-state index contributed by atoms with van der Waals surface area (Å²) in [5.74, 6) is 0. The molecular formula is C17H26N2. The van der Waals surface area contributed by atoms with Gasteiger partial charge in [-0.25, -0.2) is 0 Å². The monoisotopic (exact) mass is 258 g/mol. The number of hydrogen-bond donors (Lipinski definition) is 1. The van der Waals surface area contributed by atoms with Crippen molar-refractivity contribution in [3.63, 3.8) is 0 Å². The van der Waals surface area contributed by atoms with Gasteiger partial charge in [0, 0.05) is 31.9 Å². The van der Waals surface area contributed by atoms with Crippen molar-refractivity contribution in [1.29, 1.82) is 0 Å². The Morgan fingerprint density at radius 3 is 2.21 bits per heavy atom. The van der Waals surface area contributed by atoms with Crippen molar-refractivity contribution in [2.75, 3.05) is 31.1 Å². The van der Waals surface area contributed by atoms with Crippen molar-refractivity contribution in [2.45, 2.75) is 39.0 Å². The van der Waals surface area contributed by atoms with Gasteiger partial charge in [-0.1, -0.05) is 39.0 Å². The van der Waals surface area contributed by atoms with Crippen LogP contribution in [0.1, 0.15) is 39.2 Å². The van der Waals surface area contributed by atoms with Gasteiger partial charge in [0.25, 0.3) is 0 Å². The molecule has 19 heavy (non-hydrogen) atoms. The van der Waals surface area contributed by atoms with Crippen LogP contribution in [0.3, 0.4) is 0 Å². The lowest BCUT2D eigenvalue weighted by Crippen LogP contribution is -2.58. The van der Waals surface area contributed by atoms with Crippen LogP contribution in [-0.2, 0) is 5.41 Å². The highest BCUT2D eigenvalue weighted by Gasteiger charge is 2.40. The molecule has 104 valence electrons. The molecule has 3 rings (SSSR count). The Morgan fingerprint density at radius 1 is 1.05 bits per heavy atom. The van der Waals surface area contributed by atoms with Crippen LogP contribution in [0.2, 0.25) is 0 Å². The fourth-order valence-corrected chi connectivity index (χ4v) is 3.44. The molecule has 2 heteroatoms. The van der Waals surface area contributed by atoms with Crippen molar-refractivity contribution in [3.8, 4) is 0 Å². The number of nitrogens with one attached hydrogen (secondary N) is 1. The van der Waals surface area contributed by atoms with Gasteiger partial charge >= 0.3 is 0 Å². The fraction of sp³-hybridized carbons (Fsp3) is 0.647. The maximum atomic E-state index is 3.44. The first kappa shape index (κ1) is 13.0. The van der Waals surface area contributed by atoms with Crippen molar-refractivity contribution in [3.05, 3.63) is 29.8 Å². The molecular weight excluding hydrogens is 232 g/mol. The highest BCUT2D eigenvalue weighted by Crippen LogP contribution is 2.39. The zero-order valence-electron chi connectivity index (χ0n) is 12.5. The van der Waals surface area contributed by atoms with E-state index in [0.717, 1.165) is 0 Å². The third-order valence-electron chi connectivity index (χ3n) is 4.88. The third kappa shape index (κ3) is 2.38. The third-order valence-corrected chi connectivity index (χ3v) is 4.88. The highest BCUT2D eigenvalue weighted by atomic mass is 15.2. The Hall–Kier alpha value is -1.02. The minimum absolute atomic E-state index is 0.226. The van der Waals surface area contributed by atoms with E-state index in [-0.39, 0.29) is 5.41 Å². The Kier molecular flexibility index (Phi) is 3.09. The van der Waals surface area contributed by atoms with E-state index < -0.39 is 0 Å². The van der Waals surface area contributed by atoms with E-state index in [2.05, 4.69) is 55.3 Å². The van der Waals surface area contributed by atoms with Crippen LogP contribution in [0.5, 0.6) is 0 Å². The largest absolute Gasteiger partial charge is 0.371 e. The van der Waals surface area contributed by atoms with E-state index >= 15 is 0 Å². The SMILES string of the molecule is CC(C)(C)c1ccccc1N1CCC2(CC1)CNC2. The van der Waals surface area contributed by atoms with E-state index in [1.54, 1.807) is 0 Å². The zero-order valence-corrected chi connectivity index (χ0v) is 12.5. The van der Waals surface area contributed by atoms with Gasteiger partial charge in [-0.2, -0.15) is 0 Å². The molecule has 0 bridgehead atoms. The number of anilines is 1. The molecule has 0 saturated carbocycles. The molecule has 2 aliphatic rings. The Morgan fingerprint density at radius 2 is 1.68 bits per heavy atom. The molecule has 2 fully saturated rings. The molecule has 2 aliphatic heterocycles. The molecule has 0 amide bonds. The Balaban J connectivity index is 1.80. The smallest absolute Gasteiger partial charge is 0.0404 e. The second-order valence-electron chi connectivity index (χ2n) is 7.36. The van der Waals surface area contributed by atoms with Crippen LogP contribution in [0, 0.1) is 5.41 Å². The van der Waals surface area contributed by atoms with Gasteiger partial charge in [-0.3, -0.25) is 0 Å². The summed E-state index contributed by atoms with van der Waals surface area (Å²) in [6.45, 7) is 11.8. The van der Waals surface area contributed by atoms with Gasteiger partial charge in [0.05, 0.1) is 0 Å². The molecule has 1 spiro atoms. The molecule has 0 aliphatic carbocycles. The molecule has 1 aromatic rings. The molecule has 1 aromatic carbocycles. The average molecular weight is 258 g/mol. The van der Waals surface area contributed by atoms with E-state index in [1.165, 1.54) is 50.3 Å². The van der Waals surface area contributed by atoms with Crippen molar-refractivity contribution >= 4 is 5.69 Å². The van der Waals surface area contributed by atoms with Crippen LogP contribution >= 0.6 is 0 Å². The predicted molar refractivity (Wildman–Crippen MR) is 81.9 cm³/mol. The van der Waals surface area contributed by atoms with Gasteiger partial charge in [0.1, 0.15) is 0 Å². The van der Waals surface area contributed by atoms with Gasteiger partial charge in [0.15, 0.2) is 0 Å². The first-order valence-corrected chi connectivity index (χ1v) is 7.55. The minimum atomic E-state index is 0.226. The lowest BCUT2D eigenvalue weighted by Gasteiger charge is -2.49. The lowest BCUT2D eigenvalue weighted by molar-refractivity contribution is 0.126. The molecule has 0 radical (unpaired) electrons. The Bertz CT molecular complexity index is 445. The van der Waals surface area contributed by atoms with Crippen LogP contribution in [0.4, 0.5) is 5.69 Å². The summed E-state index contributed by atoms with van der Waals surface area (Å²) in [6, 6.07) is 8.95. The van der Waals surface area contributed by atoms with Gasteiger partial charge < -0.3 is 10.2 Å². The number of benzene rings is 1. The van der Waals surface area contributed by atoms with Crippen LogP contribution in [0.25, 0.3) is 0 Å². The summed E-state index contributed by atoms with van der Waals surface area (Å²) in [4.78, 5) is 2.60. The number of rotatable bonds is 1. The van der Waals surface area contributed by atoms with E-state index in [0.29, 0.717) is 5.41 Å². The molecule has 2 nitrogen and oxygen atoms in total. The summed E-state index contributed by atoms with van der Waals surface area (Å²) in [5.41, 5.74) is 3.80. The van der Waals surface area contributed by atoms with Gasteiger partial charge in [0.2, 0.25) is 0 Å². The van der Waals surface area contributed by atoms with E-state index in [4.69, 9.17) is 0 Å². The molecule has 0 atom stereocenters. The van der Waals surface area contributed by atoms with Crippen LogP contribution in [-0.4, -0.2) is 26.2 Å². The summed E-state index contributed by atoms with van der Waals surface area (Å²) in [6.07, 6.45) is 2.69. The minimum Gasteiger partial charge on any atom is -0.371 e. The van der Waals surface area contributed by atoms with E-state index in [9.17, 15) is 0 Å². The van der Waals surface area contributed by atoms with Crippen LogP contribution in [0.15, 0.2) is 24.3 Å². The second kappa shape index (κ2) is 4.52. The summed E-state index contributed by atoms with van der Waals surface area (Å²) < 4.78 is 0. The second-order valence-corrected chi connectivity index (χ2v) is 7.36. The first-order chi connectivity index (χ1) is 9.00. The number of para-hydroxylation sites is 1. The zero-order chi connectivity index (χ0) is 13.5. The van der Waals surface area contributed by atoms with Crippen LogP contribution < -0.4 is 10.2 Å². The predicted octanol–water partition coefficient (Wildman–Crippen LogP) is 3.17. The number of nitrogens with zero attached hydrogens (tertiary/aromatic N) is 1. The highest BCUT2D eigenvalue weighted by molar-refractivity contribution is 5.56. The molecule has 1 N–H and O–H groups in total. The summed E-state index contributed by atoms with van der Waals surface area (Å²) >= 11 is 0. The van der Waals surface area contributed by atoms with Crippen molar-refractivity contribution in [1.82, 2.24) is 5.32 Å². The summed E-state index contributed by atoms with van der Waals surface area (Å²) in [5, 5.41) is 3.44. The quantitative estimate of drug-likeness (QED) is 0.832. The maximum absolute atomic E-state index is 3.44. The molecule has 2 heterocycles. The molecule has 0 unspecified atom stereocenters.